The number of piperidine rings is 1. The third-order valence-corrected chi connectivity index (χ3v) is 7.37. The molecule has 3 N–H and O–H groups in total. The van der Waals surface area contributed by atoms with Gasteiger partial charge in [-0.3, -0.25) is 9.69 Å². The van der Waals surface area contributed by atoms with Gasteiger partial charge in [0.2, 0.25) is 0 Å². The molecule has 0 spiro atoms. The Morgan fingerprint density at radius 1 is 1.28 bits per heavy atom. The monoisotopic (exact) mass is 546 g/mol. The van der Waals surface area contributed by atoms with Gasteiger partial charge in [0.1, 0.15) is 18.2 Å². The van der Waals surface area contributed by atoms with Crippen molar-refractivity contribution in [1.82, 2.24) is 15.1 Å². The summed E-state index contributed by atoms with van der Waals surface area (Å²) in [5.74, 6) is -4.34. The maximum absolute atomic E-state index is 13.8. The van der Waals surface area contributed by atoms with Crippen LogP contribution in [0.4, 0.5) is 13.6 Å². The summed E-state index contributed by atoms with van der Waals surface area (Å²) in [6.07, 6.45) is 2.55. The number of benzene rings is 1. The van der Waals surface area contributed by atoms with Crippen LogP contribution in [0.3, 0.4) is 0 Å². The number of halogens is 2. The van der Waals surface area contributed by atoms with Crippen molar-refractivity contribution >= 4 is 19.1 Å². The van der Waals surface area contributed by atoms with Crippen LogP contribution in [-0.4, -0.2) is 88.7 Å². The summed E-state index contributed by atoms with van der Waals surface area (Å²) in [7, 11) is -1.81. The van der Waals surface area contributed by atoms with Crippen LogP contribution in [0.5, 0.6) is 0 Å². The summed E-state index contributed by atoms with van der Waals surface area (Å²) in [4.78, 5) is 28.9. The van der Waals surface area contributed by atoms with E-state index in [1.54, 1.807) is 18.7 Å². The number of nitriles is 1. The lowest BCUT2D eigenvalue weighted by Crippen LogP contribution is -2.50. The molecule has 0 aromatic heterocycles. The van der Waals surface area contributed by atoms with Gasteiger partial charge < -0.3 is 25.0 Å². The van der Waals surface area contributed by atoms with Gasteiger partial charge >= 0.3 is 13.2 Å². The zero-order valence-electron chi connectivity index (χ0n) is 22.7. The molecule has 12 heteroatoms. The van der Waals surface area contributed by atoms with E-state index in [-0.39, 0.29) is 31.6 Å². The number of alkyl halides is 2. The molecule has 1 aromatic rings. The van der Waals surface area contributed by atoms with E-state index in [1.807, 2.05) is 37.3 Å². The predicted molar refractivity (Wildman–Crippen MR) is 142 cm³/mol. The number of nitrogens with one attached hydrogen (secondary N) is 1. The second-order valence-corrected chi connectivity index (χ2v) is 11.0. The summed E-state index contributed by atoms with van der Waals surface area (Å²) < 4.78 is 32.9. The van der Waals surface area contributed by atoms with Crippen molar-refractivity contribution in [2.75, 3.05) is 26.2 Å². The Bertz CT molecular complexity index is 1090. The standard InChI is InChI=1S/C27H37BF2N4O5/c1-19-7-9-20(10-8-19)14-23(28(37)38)32-25(36)39-17-22-6-4-5-12-34(22)24(35)21(16-31)15-26(2,3)33-13-11-27(29,30)18-33/h7-10,15,22-23,37-38H,4-6,11-14,17-18H2,1-3H3,(H,32,36)/b21-15+/t22-,23+/m1/s1. The number of carbonyl (C=O) groups is 2. The highest BCUT2D eigenvalue weighted by atomic mass is 19.3. The van der Waals surface area contributed by atoms with Gasteiger partial charge in [-0.15, -0.1) is 0 Å². The van der Waals surface area contributed by atoms with Crippen LogP contribution >= 0.6 is 0 Å². The van der Waals surface area contributed by atoms with Crippen LogP contribution in [-0.2, 0) is 16.0 Å². The second kappa shape index (κ2) is 12.9. The number of likely N-dealkylation sites (tertiary alicyclic amines) is 2. The highest BCUT2D eigenvalue weighted by Gasteiger charge is 2.43. The molecule has 2 aliphatic rings. The van der Waals surface area contributed by atoms with Crippen LogP contribution in [0.2, 0.25) is 0 Å². The Balaban J connectivity index is 1.62. The number of nitrogens with zero attached hydrogens (tertiary/aromatic N) is 3. The van der Waals surface area contributed by atoms with Gasteiger partial charge in [0, 0.05) is 25.0 Å². The fourth-order valence-corrected chi connectivity index (χ4v) is 4.98. The average Bonchev–Trinajstić information content (AvgIpc) is 3.27. The van der Waals surface area contributed by atoms with Gasteiger partial charge in [-0.25, -0.2) is 13.6 Å². The molecular formula is C27H37BF2N4O5. The first-order valence-electron chi connectivity index (χ1n) is 13.2. The molecule has 0 unspecified atom stereocenters. The molecule has 0 bridgehead atoms. The minimum atomic E-state index is -2.80. The Morgan fingerprint density at radius 2 is 1.97 bits per heavy atom. The van der Waals surface area contributed by atoms with Crippen molar-refractivity contribution in [3.63, 3.8) is 0 Å². The van der Waals surface area contributed by atoms with Gasteiger partial charge in [-0.05, 0) is 58.1 Å². The van der Waals surface area contributed by atoms with Crippen LogP contribution in [0, 0.1) is 18.3 Å². The van der Waals surface area contributed by atoms with E-state index >= 15 is 0 Å². The maximum atomic E-state index is 13.8. The summed E-state index contributed by atoms with van der Waals surface area (Å²) in [5, 5.41) is 31.7. The minimum absolute atomic E-state index is 0.142. The van der Waals surface area contributed by atoms with E-state index in [1.165, 1.54) is 11.0 Å². The highest BCUT2D eigenvalue weighted by molar-refractivity contribution is 6.43. The van der Waals surface area contributed by atoms with Gasteiger partial charge in [-0.2, -0.15) is 5.26 Å². The fourth-order valence-electron chi connectivity index (χ4n) is 4.98. The lowest BCUT2D eigenvalue weighted by atomic mass is 9.76. The second-order valence-electron chi connectivity index (χ2n) is 11.0. The molecule has 0 aliphatic carbocycles. The quantitative estimate of drug-likeness (QED) is 0.247. The minimum Gasteiger partial charge on any atom is -0.447 e. The van der Waals surface area contributed by atoms with Crippen molar-refractivity contribution in [1.29, 1.82) is 5.26 Å². The van der Waals surface area contributed by atoms with Crippen molar-refractivity contribution < 1.29 is 33.2 Å². The zero-order valence-corrected chi connectivity index (χ0v) is 22.7. The number of aryl methyl sites for hydroxylation is 1. The summed E-state index contributed by atoms with van der Waals surface area (Å²) >= 11 is 0. The molecule has 0 radical (unpaired) electrons. The molecule has 3 rings (SSSR count). The number of hydrogen-bond donors (Lipinski definition) is 3. The van der Waals surface area contributed by atoms with E-state index in [4.69, 9.17) is 4.74 Å². The molecule has 9 nitrogen and oxygen atoms in total. The van der Waals surface area contributed by atoms with Crippen molar-refractivity contribution in [2.24, 2.45) is 0 Å². The molecule has 1 aromatic carbocycles. The SMILES string of the molecule is Cc1ccc(C[C@H](NC(=O)OC[C@H]2CCCCN2C(=O)/C(C#N)=C/C(C)(C)N2CCC(F)(F)C2)B(O)O)cc1. The Hall–Kier alpha value is -3.01. The normalized spacial score (nSPS) is 20.7. The average molecular weight is 546 g/mol. The fraction of sp³-hybridized carbons (Fsp3) is 0.593. The molecule has 2 aliphatic heterocycles. The molecule has 2 atom stereocenters. The van der Waals surface area contributed by atoms with E-state index in [9.17, 15) is 33.7 Å². The summed E-state index contributed by atoms with van der Waals surface area (Å²) in [6, 6.07) is 8.88. The molecule has 2 heterocycles. The summed E-state index contributed by atoms with van der Waals surface area (Å²) in [6.45, 7) is 5.27. The van der Waals surface area contributed by atoms with Crippen LogP contribution < -0.4 is 5.32 Å². The number of carbonyl (C=O) groups excluding carboxylic acids is 2. The zero-order chi connectivity index (χ0) is 28.8. The van der Waals surface area contributed by atoms with E-state index in [2.05, 4.69) is 5.32 Å². The number of rotatable bonds is 9. The highest BCUT2D eigenvalue weighted by Crippen LogP contribution is 2.33. The molecule has 0 saturated carbocycles. The van der Waals surface area contributed by atoms with E-state index in [0.29, 0.717) is 19.4 Å². The number of alkyl carbamates (subject to hydrolysis) is 1. The van der Waals surface area contributed by atoms with Gasteiger partial charge in [0.15, 0.2) is 0 Å². The molecule has 2 amide bonds. The Morgan fingerprint density at radius 3 is 2.56 bits per heavy atom. The van der Waals surface area contributed by atoms with Gasteiger partial charge in [-0.1, -0.05) is 29.8 Å². The smallest absolute Gasteiger partial charge is 0.447 e. The van der Waals surface area contributed by atoms with Crippen LogP contribution in [0.15, 0.2) is 35.9 Å². The predicted octanol–water partition coefficient (Wildman–Crippen LogP) is 2.60. The molecule has 2 saturated heterocycles. The molecular weight excluding hydrogens is 509 g/mol. The Labute approximate surface area is 228 Å². The van der Waals surface area contributed by atoms with E-state index < -0.39 is 49.1 Å². The number of hydrogen-bond acceptors (Lipinski definition) is 7. The first-order chi connectivity index (χ1) is 18.3. The first-order valence-corrected chi connectivity index (χ1v) is 13.2. The lowest BCUT2D eigenvalue weighted by Gasteiger charge is -2.36. The third-order valence-electron chi connectivity index (χ3n) is 7.37. The number of amides is 2. The van der Waals surface area contributed by atoms with Gasteiger partial charge in [0.25, 0.3) is 11.8 Å². The topological polar surface area (TPSA) is 126 Å². The third kappa shape index (κ3) is 8.49. The lowest BCUT2D eigenvalue weighted by molar-refractivity contribution is -0.131. The van der Waals surface area contributed by atoms with Gasteiger partial charge in [0.05, 0.1) is 18.5 Å². The van der Waals surface area contributed by atoms with E-state index in [0.717, 1.165) is 17.5 Å². The first kappa shape index (κ1) is 30.5. The maximum Gasteiger partial charge on any atom is 0.475 e. The molecule has 2 fully saturated rings. The van der Waals surface area contributed by atoms with Crippen LogP contribution in [0.25, 0.3) is 0 Å². The van der Waals surface area contributed by atoms with Crippen LogP contribution in [0.1, 0.15) is 50.7 Å². The molecule has 39 heavy (non-hydrogen) atoms. The number of ether oxygens (including phenoxy) is 1. The summed E-state index contributed by atoms with van der Waals surface area (Å²) in [5.41, 5.74) is 0.779. The van der Waals surface area contributed by atoms with Crippen molar-refractivity contribution in [3.8, 4) is 6.07 Å². The van der Waals surface area contributed by atoms with Crippen molar-refractivity contribution in [3.05, 3.63) is 47.0 Å². The molecule has 212 valence electrons. The van der Waals surface area contributed by atoms with Crippen molar-refractivity contribution in [2.45, 2.75) is 76.3 Å². The largest absolute Gasteiger partial charge is 0.475 e. The Kier molecular flexibility index (Phi) is 10.1.